The van der Waals surface area contributed by atoms with Crippen LogP contribution in [0.1, 0.15) is 19.3 Å². The highest BCUT2D eigenvalue weighted by Crippen LogP contribution is 2.22. The first-order chi connectivity index (χ1) is 7.16. The van der Waals surface area contributed by atoms with Crippen LogP contribution in [0.4, 0.5) is 0 Å². The Morgan fingerprint density at radius 2 is 2.40 bits per heavy atom. The molecule has 0 aromatic rings. The Labute approximate surface area is 93.5 Å². The molecule has 2 heterocycles. The summed E-state index contributed by atoms with van der Waals surface area (Å²) in [5.74, 6) is -0.301. The van der Waals surface area contributed by atoms with E-state index in [1.807, 2.05) is 0 Å². The third-order valence-corrected chi connectivity index (χ3v) is 3.29. The van der Waals surface area contributed by atoms with Gasteiger partial charge >= 0.3 is 0 Å². The molecule has 5 heteroatoms. The number of ether oxygens (including phenoxy) is 1. The van der Waals surface area contributed by atoms with E-state index in [9.17, 15) is 9.59 Å². The van der Waals surface area contributed by atoms with Gasteiger partial charge in [-0.25, -0.2) is 0 Å². The van der Waals surface area contributed by atoms with Gasteiger partial charge in [0.05, 0.1) is 12.0 Å². The smallest absolute Gasteiger partial charge is 0.227 e. The Hall–Kier alpha value is -0.610. The zero-order valence-corrected chi connectivity index (χ0v) is 9.20. The van der Waals surface area contributed by atoms with E-state index in [1.165, 1.54) is 0 Å². The molecule has 2 fully saturated rings. The lowest BCUT2D eigenvalue weighted by Crippen LogP contribution is -2.33. The lowest BCUT2D eigenvalue weighted by atomic mass is 10.1. The van der Waals surface area contributed by atoms with Crippen molar-refractivity contribution in [3.63, 3.8) is 0 Å². The van der Waals surface area contributed by atoms with Crippen molar-refractivity contribution in [2.45, 2.75) is 25.4 Å². The van der Waals surface area contributed by atoms with E-state index in [-0.39, 0.29) is 24.3 Å². The minimum atomic E-state index is -0.404. The molecule has 0 aromatic carbocycles. The molecule has 0 aliphatic carbocycles. The highest BCUT2D eigenvalue weighted by molar-refractivity contribution is 6.64. The summed E-state index contributed by atoms with van der Waals surface area (Å²) in [6.07, 6.45) is 2.47. The molecule has 0 bridgehead atoms. The van der Waals surface area contributed by atoms with E-state index < -0.39 is 5.24 Å². The Balaban J connectivity index is 1.87. The quantitative estimate of drug-likeness (QED) is 0.675. The Morgan fingerprint density at radius 3 is 2.93 bits per heavy atom. The molecule has 1 amide bonds. The van der Waals surface area contributed by atoms with Gasteiger partial charge in [0.2, 0.25) is 11.1 Å². The molecule has 0 spiro atoms. The van der Waals surface area contributed by atoms with Crippen LogP contribution < -0.4 is 0 Å². The number of halogens is 1. The Bertz CT molecular complexity index is 276. The second-order valence-electron chi connectivity index (χ2n) is 4.14. The number of carbonyl (C=O) groups is 2. The molecule has 2 aliphatic heterocycles. The van der Waals surface area contributed by atoms with Gasteiger partial charge in [0, 0.05) is 26.1 Å². The number of carbonyl (C=O) groups excluding carboxylic acids is 2. The van der Waals surface area contributed by atoms with E-state index in [2.05, 4.69) is 0 Å². The predicted molar refractivity (Wildman–Crippen MR) is 54.5 cm³/mol. The molecule has 2 rings (SSSR count). The molecule has 0 N–H and O–H groups in total. The molecule has 2 atom stereocenters. The summed E-state index contributed by atoms with van der Waals surface area (Å²) in [7, 11) is 0. The first kappa shape index (κ1) is 10.9. The average Bonchev–Trinajstić information content (AvgIpc) is 2.77. The van der Waals surface area contributed by atoms with Gasteiger partial charge in [0.1, 0.15) is 0 Å². The normalized spacial score (nSPS) is 31.3. The first-order valence-corrected chi connectivity index (χ1v) is 5.63. The molecule has 84 valence electrons. The van der Waals surface area contributed by atoms with Crippen LogP contribution >= 0.6 is 11.6 Å². The topological polar surface area (TPSA) is 46.6 Å². The lowest BCUT2D eigenvalue weighted by molar-refractivity contribution is -0.129. The molecular formula is C10H14ClNO3. The van der Waals surface area contributed by atoms with Crippen LogP contribution in [0.15, 0.2) is 0 Å². The minimum Gasteiger partial charge on any atom is -0.376 e. The maximum atomic E-state index is 11.5. The van der Waals surface area contributed by atoms with E-state index in [1.54, 1.807) is 4.90 Å². The number of nitrogens with zero attached hydrogens (tertiary/aromatic N) is 1. The SMILES string of the molecule is O=C(Cl)C1CC(=O)N(CC2CCCO2)C1. The van der Waals surface area contributed by atoms with Crippen molar-refractivity contribution in [2.24, 2.45) is 5.92 Å². The summed E-state index contributed by atoms with van der Waals surface area (Å²) < 4.78 is 5.45. The van der Waals surface area contributed by atoms with Gasteiger partial charge in [-0.3, -0.25) is 9.59 Å². The second-order valence-corrected chi connectivity index (χ2v) is 4.51. The fraction of sp³-hybridized carbons (Fsp3) is 0.800. The van der Waals surface area contributed by atoms with Crippen molar-refractivity contribution in [2.75, 3.05) is 19.7 Å². The summed E-state index contributed by atoms with van der Waals surface area (Å²) in [4.78, 5) is 24.2. The van der Waals surface area contributed by atoms with Gasteiger partial charge in [-0.2, -0.15) is 0 Å². The zero-order chi connectivity index (χ0) is 10.8. The maximum absolute atomic E-state index is 11.5. The van der Waals surface area contributed by atoms with E-state index in [4.69, 9.17) is 16.3 Å². The van der Waals surface area contributed by atoms with Gasteiger partial charge in [-0.15, -0.1) is 0 Å². The number of hydrogen-bond donors (Lipinski definition) is 0. The van der Waals surface area contributed by atoms with Crippen LogP contribution in [-0.4, -0.2) is 41.8 Å². The molecule has 0 aromatic heterocycles. The molecule has 2 saturated heterocycles. The average molecular weight is 232 g/mol. The fourth-order valence-corrected chi connectivity index (χ4v) is 2.28. The van der Waals surface area contributed by atoms with Crippen LogP contribution in [0, 0.1) is 5.92 Å². The monoisotopic (exact) mass is 231 g/mol. The van der Waals surface area contributed by atoms with E-state index in [0.717, 1.165) is 19.4 Å². The van der Waals surface area contributed by atoms with Crippen LogP contribution in [-0.2, 0) is 14.3 Å². The van der Waals surface area contributed by atoms with Gasteiger partial charge in [-0.1, -0.05) is 0 Å². The number of likely N-dealkylation sites (tertiary alicyclic amines) is 1. The standard InChI is InChI=1S/C10H14ClNO3/c11-10(14)7-4-9(13)12(5-7)6-8-2-1-3-15-8/h7-8H,1-6H2. The number of amides is 1. The summed E-state index contributed by atoms with van der Waals surface area (Å²) in [5.41, 5.74) is 0. The molecule has 4 nitrogen and oxygen atoms in total. The van der Waals surface area contributed by atoms with E-state index in [0.29, 0.717) is 13.1 Å². The van der Waals surface area contributed by atoms with Crippen molar-refractivity contribution in [1.82, 2.24) is 4.90 Å². The third-order valence-electron chi connectivity index (χ3n) is 2.98. The summed E-state index contributed by atoms with van der Waals surface area (Å²) in [6.45, 7) is 1.85. The third kappa shape index (κ3) is 2.49. The van der Waals surface area contributed by atoms with E-state index >= 15 is 0 Å². The van der Waals surface area contributed by atoms with Crippen LogP contribution in [0.5, 0.6) is 0 Å². The predicted octanol–water partition coefficient (Wildman–Crippen LogP) is 0.779. The lowest BCUT2D eigenvalue weighted by Gasteiger charge is -2.19. The number of hydrogen-bond acceptors (Lipinski definition) is 3. The minimum absolute atomic E-state index is 0.0181. The van der Waals surface area contributed by atoms with Crippen LogP contribution in [0.3, 0.4) is 0 Å². The van der Waals surface area contributed by atoms with Crippen molar-refractivity contribution in [3.8, 4) is 0 Å². The maximum Gasteiger partial charge on any atom is 0.227 e. The van der Waals surface area contributed by atoms with Gasteiger partial charge in [0.15, 0.2) is 0 Å². The molecule has 15 heavy (non-hydrogen) atoms. The molecule has 2 aliphatic rings. The van der Waals surface area contributed by atoms with Gasteiger partial charge in [-0.05, 0) is 24.4 Å². The van der Waals surface area contributed by atoms with Crippen molar-refractivity contribution < 1.29 is 14.3 Å². The summed E-state index contributed by atoms with van der Waals surface area (Å²) in [6, 6.07) is 0. The Kier molecular flexibility index (Phi) is 3.26. The summed E-state index contributed by atoms with van der Waals surface area (Å²) in [5, 5.41) is -0.404. The Morgan fingerprint density at radius 1 is 1.60 bits per heavy atom. The molecule has 0 saturated carbocycles. The van der Waals surface area contributed by atoms with Crippen molar-refractivity contribution in [3.05, 3.63) is 0 Å². The van der Waals surface area contributed by atoms with Gasteiger partial charge in [0.25, 0.3) is 0 Å². The zero-order valence-electron chi connectivity index (χ0n) is 8.45. The van der Waals surface area contributed by atoms with Gasteiger partial charge < -0.3 is 9.64 Å². The van der Waals surface area contributed by atoms with Crippen molar-refractivity contribution >= 4 is 22.8 Å². The van der Waals surface area contributed by atoms with Crippen LogP contribution in [0.25, 0.3) is 0 Å². The molecule has 0 radical (unpaired) electrons. The highest BCUT2D eigenvalue weighted by atomic mass is 35.5. The largest absolute Gasteiger partial charge is 0.376 e. The molecule has 2 unspecified atom stereocenters. The fourth-order valence-electron chi connectivity index (χ4n) is 2.13. The number of rotatable bonds is 3. The second kappa shape index (κ2) is 4.49. The van der Waals surface area contributed by atoms with Crippen LogP contribution in [0.2, 0.25) is 0 Å². The molecular weight excluding hydrogens is 218 g/mol. The highest BCUT2D eigenvalue weighted by Gasteiger charge is 2.35. The summed E-state index contributed by atoms with van der Waals surface area (Å²) >= 11 is 5.38. The van der Waals surface area contributed by atoms with Crippen molar-refractivity contribution in [1.29, 1.82) is 0 Å². The first-order valence-electron chi connectivity index (χ1n) is 5.25.